The van der Waals surface area contributed by atoms with Crippen molar-refractivity contribution in [2.75, 3.05) is 0 Å². The number of aryl methyl sites for hydroxylation is 1. The maximum atomic E-state index is 12.1. The number of aromatic nitrogens is 3. The molecule has 9 heteroatoms. The lowest BCUT2D eigenvalue weighted by molar-refractivity contribution is -0.121. The summed E-state index contributed by atoms with van der Waals surface area (Å²) in [6, 6.07) is 8.67. The van der Waals surface area contributed by atoms with E-state index in [-0.39, 0.29) is 19.0 Å². The highest BCUT2D eigenvalue weighted by molar-refractivity contribution is 7.12. The molecule has 140 valence electrons. The number of rotatable bonds is 5. The van der Waals surface area contributed by atoms with Gasteiger partial charge in [-0.15, -0.1) is 11.3 Å². The maximum absolute atomic E-state index is 12.1. The third-order valence-corrected chi connectivity index (χ3v) is 5.19. The van der Waals surface area contributed by atoms with Gasteiger partial charge in [-0.25, -0.2) is 9.78 Å². The van der Waals surface area contributed by atoms with Gasteiger partial charge in [0.1, 0.15) is 11.6 Å². The molecule has 27 heavy (non-hydrogen) atoms. The summed E-state index contributed by atoms with van der Waals surface area (Å²) in [5.41, 5.74) is 0.870. The van der Waals surface area contributed by atoms with Gasteiger partial charge in [0.25, 0.3) is 5.56 Å². The first-order valence-electron chi connectivity index (χ1n) is 8.10. The van der Waals surface area contributed by atoms with Crippen LogP contribution in [0, 0.1) is 6.92 Å². The molecule has 3 rings (SSSR count). The van der Waals surface area contributed by atoms with Crippen LogP contribution in [-0.2, 0) is 24.9 Å². The Labute approximate surface area is 163 Å². The lowest BCUT2D eigenvalue weighted by Gasteiger charge is -2.07. The van der Waals surface area contributed by atoms with Gasteiger partial charge in [0.15, 0.2) is 0 Å². The zero-order valence-corrected chi connectivity index (χ0v) is 16.3. The minimum Gasteiger partial charge on any atom is -0.348 e. The topological polar surface area (TPSA) is 86.0 Å². The molecule has 0 aliphatic carbocycles. The smallest absolute Gasteiger partial charge is 0.331 e. The number of nitrogens with one attached hydrogen (secondary N) is 1. The van der Waals surface area contributed by atoms with E-state index in [4.69, 9.17) is 11.6 Å². The maximum Gasteiger partial charge on any atom is 0.331 e. The summed E-state index contributed by atoms with van der Waals surface area (Å²) in [7, 11) is 1.37. The number of carbonyl (C=O) groups is 1. The van der Waals surface area contributed by atoms with Crippen molar-refractivity contribution in [1.82, 2.24) is 19.4 Å². The van der Waals surface area contributed by atoms with Crippen LogP contribution in [0.1, 0.15) is 9.88 Å². The van der Waals surface area contributed by atoms with Crippen LogP contribution >= 0.6 is 22.9 Å². The van der Waals surface area contributed by atoms with Crippen molar-refractivity contribution in [1.29, 1.82) is 0 Å². The molecule has 7 nitrogen and oxygen atoms in total. The molecule has 0 saturated carbocycles. The molecule has 0 spiro atoms. The van der Waals surface area contributed by atoms with Gasteiger partial charge in [0.2, 0.25) is 5.91 Å². The predicted octanol–water partition coefficient (Wildman–Crippen LogP) is 1.95. The van der Waals surface area contributed by atoms with Gasteiger partial charge < -0.3 is 5.32 Å². The second kappa shape index (κ2) is 7.89. The highest BCUT2D eigenvalue weighted by atomic mass is 35.5. The average Bonchev–Trinajstić information content (AvgIpc) is 3.02. The van der Waals surface area contributed by atoms with Gasteiger partial charge >= 0.3 is 5.69 Å². The highest BCUT2D eigenvalue weighted by Gasteiger charge is 2.12. The second-order valence-electron chi connectivity index (χ2n) is 5.92. The van der Waals surface area contributed by atoms with Crippen LogP contribution in [0.2, 0.25) is 5.02 Å². The van der Waals surface area contributed by atoms with Crippen molar-refractivity contribution < 1.29 is 4.79 Å². The monoisotopic (exact) mass is 404 g/mol. The van der Waals surface area contributed by atoms with E-state index in [0.717, 1.165) is 25.7 Å². The summed E-state index contributed by atoms with van der Waals surface area (Å²) in [5, 5.41) is 4.17. The number of thiazole rings is 1. The highest BCUT2D eigenvalue weighted by Crippen LogP contribution is 2.28. The molecule has 2 aromatic heterocycles. The van der Waals surface area contributed by atoms with E-state index in [1.165, 1.54) is 35.2 Å². The molecule has 1 aromatic carbocycles. The van der Waals surface area contributed by atoms with E-state index in [1.807, 2.05) is 31.2 Å². The molecule has 2 heterocycles. The summed E-state index contributed by atoms with van der Waals surface area (Å²) in [4.78, 5) is 41.1. The van der Waals surface area contributed by atoms with Crippen molar-refractivity contribution in [2.24, 2.45) is 7.05 Å². The Bertz CT molecular complexity index is 1100. The minimum absolute atomic E-state index is 0.165. The van der Waals surface area contributed by atoms with Gasteiger partial charge in [-0.05, 0) is 19.1 Å². The molecule has 1 amide bonds. The normalized spacial score (nSPS) is 10.8. The molecule has 1 N–H and O–H groups in total. The Morgan fingerprint density at radius 3 is 2.63 bits per heavy atom. The zero-order chi connectivity index (χ0) is 19.6. The third-order valence-electron chi connectivity index (χ3n) is 3.97. The quantitative estimate of drug-likeness (QED) is 0.704. The zero-order valence-electron chi connectivity index (χ0n) is 14.7. The van der Waals surface area contributed by atoms with Crippen molar-refractivity contribution in [3.8, 4) is 11.3 Å². The molecule has 0 unspecified atom stereocenters. The molecule has 0 bridgehead atoms. The Morgan fingerprint density at radius 1 is 1.22 bits per heavy atom. The fourth-order valence-corrected chi connectivity index (χ4v) is 3.54. The van der Waals surface area contributed by atoms with E-state index in [9.17, 15) is 14.4 Å². The molecule has 0 aliphatic heterocycles. The van der Waals surface area contributed by atoms with E-state index in [2.05, 4.69) is 10.3 Å². The molecular formula is C18H17ClN4O3S. The van der Waals surface area contributed by atoms with Gasteiger partial charge in [-0.1, -0.05) is 23.7 Å². The van der Waals surface area contributed by atoms with Gasteiger partial charge in [-0.2, -0.15) is 0 Å². The van der Waals surface area contributed by atoms with E-state index < -0.39 is 11.2 Å². The van der Waals surface area contributed by atoms with Gasteiger partial charge in [0, 0.05) is 34.8 Å². The number of carbonyl (C=O) groups excluding carboxylic acids is 1. The SMILES string of the molecule is Cc1sc(CNC(=O)Cn2ccc(=O)n(C)c2=O)nc1-c1ccc(Cl)cc1. The van der Waals surface area contributed by atoms with Crippen LogP contribution in [0.15, 0.2) is 46.1 Å². The molecular weight excluding hydrogens is 388 g/mol. The summed E-state index contributed by atoms with van der Waals surface area (Å²) in [6.45, 7) is 2.07. The standard InChI is InChI=1S/C18H17ClN4O3S/c1-11-17(12-3-5-13(19)6-4-12)21-15(27-11)9-20-14(24)10-23-8-7-16(25)22(2)18(23)26/h3-8H,9-10H2,1-2H3,(H,20,24). The fourth-order valence-electron chi connectivity index (χ4n) is 2.52. The number of nitrogens with zero attached hydrogens (tertiary/aromatic N) is 3. The minimum atomic E-state index is -0.534. The molecule has 0 saturated heterocycles. The number of halogens is 1. The first-order chi connectivity index (χ1) is 12.8. The first kappa shape index (κ1) is 19.1. The van der Waals surface area contributed by atoms with E-state index in [1.54, 1.807) is 0 Å². The summed E-state index contributed by atoms with van der Waals surface area (Å²) in [6.07, 6.45) is 1.32. The Balaban J connectivity index is 1.67. The molecule has 0 atom stereocenters. The van der Waals surface area contributed by atoms with Crippen molar-refractivity contribution in [3.05, 3.63) is 72.3 Å². The number of hydrogen-bond donors (Lipinski definition) is 1. The fraction of sp³-hybridized carbons (Fsp3) is 0.222. The van der Waals surface area contributed by atoms with Crippen LogP contribution in [0.25, 0.3) is 11.3 Å². The molecule has 0 radical (unpaired) electrons. The van der Waals surface area contributed by atoms with Crippen LogP contribution in [0.4, 0.5) is 0 Å². The second-order valence-corrected chi connectivity index (χ2v) is 7.64. The van der Waals surface area contributed by atoms with E-state index in [0.29, 0.717) is 5.02 Å². The number of amides is 1. The molecule has 0 aliphatic rings. The Kier molecular flexibility index (Phi) is 5.57. The van der Waals surface area contributed by atoms with Crippen LogP contribution < -0.4 is 16.6 Å². The van der Waals surface area contributed by atoms with Crippen LogP contribution in [0.3, 0.4) is 0 Å². The first-order valence-corrected chi connectivity index (χ1v) is 9.30. The largest absolute Gasteiger partial charge is 0.348 e. The number of benzene rings is 1. The lowest BCUT2D eigenvalue weighted by atomic mass is 10.1. The van der Waals surface area contributed by atoms with E-state index >= 15 is 0 Å². The predicted molar refractivity (Wildman–Crippen MR) is 105 cm³/mol. The van der Waals surface area contributed by atoms with Gasteiger partial charge in [-0.3, -0.25) is 18.7 Å². The Hall–Kier alpha value is -2.71. The summed E-state index contributed by atoms with van der Waals surface area (Å²) < 4.78 is 2.14. The van der Waals surface area contributed by atoms with Crippen molar-refractivity contribution in [2.45, 2.75) is 20.0 Å². The molecule has 3 aromatic rings. The third kappa shape index (κ3) is 4.35. The van der Waals surface area contributed by atoms with Crippen molar-refractivity contribution >= 4 is 28.8 Å². The van der Waals surface area contributed by atoms with Crippen molar-refractivity contribution in [3.63, 3.8) is 0 Å². The Morgan fingerprint density at radius 2 is 1.93 bits per heavy atom. The number of hydrogen-bond acceptors (Lipinski definition) is 5. The van der Waals surface area contributed by atoms with Crippen LogP contribution in [0.5, 0.6) is 0 Å². The summed E-state index contributed by atoms with van der Waals surface area (Å²) >= 11 is 7.41. The summed E-state index contributed by atoms with van der Waals surface area (Å²) in [5.74, 6) is -0.336. The lowest BCUT2D eigenvalue weighted by Crippen LogP contribution is -2.40. The van der Waals surface area contributed by atoms with Gasteiger partial charge in [0.05, 0.1) is 12.2 Å². The average molecular weight is 405 g/mol. The van der Waals surface area contributed by atoms with Crippen LogP contribution in [-0.4, -0.2) is 20.0 Å². The molecule has 0 fully saturated rings.